The van der Waals surface area contributed by atoms with Gasteiger partial charge in [0.05, 0.1) is 6.04 Å². The van der Waals surface area contributed by atoms with E-state index in [-0.39, 0.29) is 0 Å². The molecule has 0 saturated heterocycles. The molecule has 0 amide bonds. The molecule has 0 bridgehead atoms. The Morgan fingerprint density at radius 3 is 3.00 bits per heavy atom. The van der Waals surface area contributed by atoms with Gasteiger partial charge in [0.15, 0.2) is 0 Å². The Hall–Kier alpha value is -0.410. The SMILES string of the molecule is CCC(NC)c1nccs1. The summed E-state index contributed by atoms with van der Waals surface area (Å²) in [5, 5.41) is 6.40. The summed E-state index contributed by atoms with van der Waals surface area (Å²) >= 11 is 1.71. The number of hydrogen-bond acceptors (Lipinski definition) is 3. The van der Waals surface area contributed by atoms with Gasteiger partial charge >= 0.3 is 0 Å². The normalized spacial score (nSPS) is 13.4. The number of thiazole rings is 1. The van der Waals surface area contributed by atoms with Crippen molar-refractivity contribution in [3.63, 3.8) is 0 Å². The molecule has 1 rings (SSSR count). The smallest absolute Gasteiger partial charge is 0.109 e. The second-order valence-corrected chi connectivity index (χ2v) is 3.05. The largest absolute Gasteiger partial charge is 0.311 e. The molecule has 1 aromatic rings. The van der Waals surface area contributed by atoms with E-state index in [0.717, 1.165) is 6.42 Å². The van der Waals surface area contributed by atoms with Crippen molar-refractivity contribution >= 4 is 11.3 Å². The lowest BCUT2D eigenvalue weighted by atomic mass is 10.2. The van der Waals surface area contributed by atoms with E-state index in [1.165, 1.54) is 5.01 Å². The van der Waals surface area contributed by atoms with Gasteiger partial charge in [-0.3, -0.25) is 0 Å². The fourth-order valence-electron chi connectivity index (χ4n) is 0.909. The molecule has 0 saturated carbocycles. The molecule has 0 aliphatic rings. The Labute approximate surface area is 65.3 Å². The highest BCUT2D eigenvalue weighted by Crippen LogP contribution is 2.17. The summed E-state index contributed by atoms with van der Waals surface area (Å²) in [4.78, 5) is 4.21. The third kappa shape index (κ3) is 1.55. The minimum absolute atomic E-state index is 0.444. The zero-order valence-corrected chi connectivity index (χ0v) is 7.11. The molecule has 0 fully saturated rings. The van der Waals surface area contributed by atoms with Crippen molar-refractivity contribution in [1.82, 2.24) is 10.3 Å². The van der Waals surface area contributed by atoms with Gasteiger partial charge in [0.25, 0.3) is 0 Å². The average Bonchev–Trinajstić information content (AvgIpc) is 2.43. The van der Waals surface area contributed by atoms with Crippen LogP contribution < -0.4 is 5.32 Å². The van der Waals surface area contributed by atoms with Gasteiger partial charge < -0.3 is 5.32 Å². The molecular formula is C7H12N2S. The standard InChI is InChI=1S/C7H12N2S/c1-3-6(8-2)7-9-4-5-10-7/h4-6,8H,3H2,1-2H3. The average molecular weight is 156 g/mol. The zero-order chi connectivity index (χ0) is 7.40. The van der Waals surface area contributed by atoms with E-state index in [4.69, 9.17) is 0 Å². The molecule has 1 atom stereocenters. The van der Waals surface area contributed by atoms with Crippen molar-refractivity contribution in [1.29, 1.82) is 0 Å². The molecule has 56 valence electrons. The molecular weight excluding hydrogens is 144 g/mol. The van der Waals surface area contributed by atoms with Crippen LogP contribution in [0.5, 0.6) is 0 Å². The zero-order valence-electron chi connectivity index (χ0n) is 6.29. The summed E-state index contributed by atoms with van der Waals surface area (Å²) in [6.45, 7) is 2.16. The molecule has 1 aromatic heterocycles. The Bertz CT molecular complexity index is 168. The number of nitrogens with one attached hydrogen (secondary N) is 1. The van der Waals surface area contributed by atoms with Gasteiger partial charge in [0.2, 0.25) is 0 Å². The molecule has 0 radical (unpaired) electrons. The van der Waals surface area contributed by atoms with Crippen LogP contribution in [0.15, 0.2) is 11.6 Å². The van der Waals surface area contributed by atoms with Crippen LogP contribution in [0.3, 0.4) is 0 Å². The van der Waals surface area contributed by atoms with Crippen LogP contribution in [0.1, 0.15) is 24.4 Å². The molecule has 2 nitrogen and oxygen atoms in total. The molecule has 1 heterocycles. The van der Waals surface area contributed by atoms with Gasteiger partial charge in [-0.25, -0.2) is 4.98 Å². The Morgan fingerprint density at radius 1 is 1.80 bits per heavy atom. The second kappa shape index (κ2) is 3.68. The van der Waals surface area contributed by atoms with Gasteiger partial charge in [0.1, 0.15) is 5.01 Å². The van der Waals surface area contributed by atoms with E-state index in [2.05, 4.69) is 17.2 Å². The fourth-order valence-corrected chi connectivity index (χ4v) is 1.74. The summed E-state index contributed by atoms with van der Waals surface area (Å²) in [5.41, 5.74) is 0. The first-order valence-corrected chi connectivity index (χ1v) is 4.33. The first-order chi connectivity index (χ1) is 4.88. The number of aromatic nitrogens is 1. The number of rotatable bonds is 3. The topological polar surface area (TPSA) is 24.9 Å². The predicted molar refractivity (Wildman–Crippen MR) is 44.2 cm³/mol. The van der Waals surface area contributed by atoms with Crippen LogP contribution in [-0.4, -0.2) is 12.0 Å². The Morgan fingerprint density at radius 2 is 2.60 bits per heavy atom. The number of hydrogen-bond donors (Lipinski definition) is 1. The molecule has 0 aliphatic carbocycles. The third-order valence-electron chi connectivity index (χ3n) is 1.51. The molecule has 1 N–H and O–H groups in total. The van der Waals surface area contributed by atoms with Crippen LogP contribution in [0.25, 0.3) is 0 Å². The molecule has 0 spiro atoms. The van der Waals surface area contributed by atoms with E-state index in [1.807, 2.05) is 18.6 Å². The van der Waals surface area contributed by atoms with Gasteiger partial charge in [-0.2, -0.15) is 0 Å². The van der Waals surface area contributed by atoms with Gasteiger partial charge in [0, 0.05) is 11.6 Å². The maximum Gasteiger partial charge on any atom is 0.109 e. The lowest BCUT2D eigenvalue weighted by Gasteiger charge is -2.08. The van der Waals surface area contributed by atoms with E-state index in [1.54, 1.807) is 11.3 Å². The summed E-state index contributed by atoms with van der Waals surface area (Å²) in [6.07, 6.45) is 2.95. The summed E-state index contributed by atoms with van der Waals surface area (Å²) in [5.74, 6) is 0. The van der Waals surface area contributed by atoms with E-state index in [0.29, 0.717) is 6.04 Å². The van der Waals surface area contributed by atoms with E-state index in [9.17, 15) is 0 Å². The van der Waals surface area contributed by atoms with Crippen LogP contribution >= 0.6 is 11.3 Å². The van der Waals surface area contributed by atoms with E-state index >= 15 is 0 Å². The minimum Gasteiger partial charge on any atom is -0.311 e. The molecule has 10 heavy (non-hydrogen) atoms. The van der Waals surface area contributed by atoms with Crippen LogP contribution in [0, 0.1) is 0 Å². The maximum atomic E-state index is 4.21. The van der Waals surface area contributed by atoms with Crippen LogP contribution in [0.4, 0.5) is 0 Å². The lowest BCUT2D eigenvalue weighted by molar-refractivity contribution is 0.573. The van der Waals surface area contributed by atoms with Crippen molar-refractivity contribution < 1.29 is 0 Å². The summed E-state index contributed by atoms with van der Waals surface area (Å²) < 4.78 is 0. The predicted octanol–water partition coefficient (Wildman–Crippen LogP) is 1.81. The fraction of sp³-hybridized carbons (Fsp3) is 0.571. The van der Waals surface area contributed by atoms with Crippen molar-refractivity contribution in [2.75, 3.05) is 7.05 Å². The van der Waals surface area contributed by atoms with Crippen molar-refractivity contribution in [2.24, 2.45) is 0 Å². The third-order valence-corrected chi connectivity index (χ3v) is 2.40. The van der Waals surface area contributed by atoms with Crippen molar-refractivity contribution in [3.05, 3.63) is 16.6 Å². The summed E-state index contributed by atoms with van der Waals surface area (Å²) in [7, 11) is 1.97. The minimum atomic E-state index is 0.444. The quantitative estimate of drug-likeness (QED) is 0.722. The first-order valence-electron chi connectivity index (χ1n) is 3.45. The number of nitrogens with zero attached hydrogens (tertiary/aromatic N) is 1. The highest BCUT2D eigenvalue weighted by atomic mass is 32.1. The van der Waals surface area contributed by atoms with Gasteiger partial charge in [-0.15, -0.1) is 11.3 Å². The van der Waals surface area contributed by atoms with Crippen molar-refractivity contribution in [2.45, 2.75) is 19.4 Å². The van der Waals surface area contributed by atoms with Crippen LogP contribution in [0.2, 0.25) is 0 Å². The molecule has 1 unspecified atom stereocenters. The molecule has 0 aliphatic heterocycles. The van der Waals surface area contributed by atoms with Crippen LogP contribution in [-0.2, 0) is 0 Å². The molecule has 3 heteroatoms. The highest BCUT2D eigenvalue weighted by molar-refractivity contribution is 7.09. The second-order valence-electron chi connectivity index (χ2n) is 2.12. The Balaban J connectivity index is 2.64. The summed E-state index contributed by atoms with van der Waals surface area (Å²) in [6, 6.07) is 0.444. The highest BCUT2D eigenvalue weighted by Gasteiger charge is 2.07. The Kier molecular flexibility index (Phi) is 2.83. The van der Waals surface area contributed by atoms with E-state index < -0.39 is 0 Å². The molecule has 0 aromatic carbocycles. The van der Waals surface area contributed by atoms with Gasteiger partial charge in [-0.05, 0) is 13.5 Å². The lowest BCUT2D eigenvalue weighted by Crippen LogP contribution is -2.14. The monoisotopic (exact) mass is 156 g/mol. The van der Waals surface area contributed by atoms with Gasteiger partial charge in [-0.1, -0.05) is 6.92 Å². The maximum absolute atomic E-state index is 4.21. The van der Waals surface area contributed by atoms with Crippen molar-refractivity contribution in [3.8, 4) is 0 Å². The first kappa shape index (κ1) is 7.69.